The number of nitrogens with one attached hydrogen (secondary N) is 2. The number of hydrogen-bond acceptors (Lipinski definition) is 4. The molecule has 1 aromatic heterocycles. The van der Waals surface area contributed by atoms with E-state index in [0.717, 1.165) is 37.5 Å². The number of rotatable bonds is 7. The molecule has 1 saturated carbocycles. The summed E-state index contributed by atoms with van der Waals surface area (Å²) in [7, 11) is 0. The Morgan fingerprint density at radius 2 is 2.19 bits per heavy atom. The second-order valence-electron chi connectivity index (χ2n) is 7.74. The molecule has 1 aromatic rings. The van der Waals surface area contributed by atoms with E-state index in [0.29, 0.717) is 37.1 Å². The first-order chi connectivity index (χ1) is 12.6. The zero-order valence-corrected chi connectivity index (χ0v) is 19.2. The van der Waals surface area contributed by atoms with Crippen LogP contribution in [0.1, 0.15) is 46.1 Å². The summed E-state index contributed by atoms with van der Waals surface area (Å²) in [5.41, 5.74) is 1.21. The minimum absolute atomic E-state index is 0. The molecule has 0 spiro atoms. The van der Waals surface area contributed by atoms with Crippen LogP contribution in [0.4, 0.5) is 0 Å². The number of ether oxygens (including phenoxy) is 2. The molecule has 27 heavy (non-hydrogen) atoms. The van der Waals surface area contributed by atoms with Crippen LogP contribution in [0.3, 0.4) is 0 Å². The number of aromatic nitrogens is 1. The molecule has 3 rings (SSSR count). The van der Waals surface area contributed by atoms with E-state index in [9.17, 15) is 0 Å². The topological polar surface area (TPSA) is 67.8 Å². The average Bonchev–Trinajstić information content (AvgIpc) is 3.10. The third-order valence-corrected chi connectivity index (χ3v) is 5.41. The van der Waals surface area contributed by atoms with Crippen LogP contribution >= 0.6 is 24.0 Å². The zero-order valence-electron chi connectivity index (χ0n) is 16.8. The Labute approximate surface area is 179 Å². The highest BCUT2D eigenvalue weighted by Crippen LogP contribution is 2.52. The highest BCUT2D eigenvalue weighted by atomic mass is 127. The fourth-order valence-electron chi connectivity index (χ4n) is 4.05. The van der Waals surface area contributed by atoms with Crippen LogP contribution in [0, 0.1) is 11.3 Å². The predicted octanol–water partition coefficient (Wildman–Crippen LogP) is 3.36. The fraction of sp³-hybridized carbons (Fsp3) is 0.700. The van der Waals surface area contributed by atoms with Crippen molar-refractivity contribution in [2.24, 2.45) is 16.3 Å². The minimum Gasteiger partial charge on any atom is -0.478 e. The molecular weight excluding hydrogens is 455 g/mol. The van der Waals surface area contributed by atoms with Gasteiger partial charge in [-0.1, -0.05) is 26.8 Å². The SMILES string of the molecule is CCCOc1ccc(CN=C(NCC)NC2C3CCOC3C2(C)C)cn1.I. The Kier molecular flexibility index (Phi) is 8.15. The molecule has 152 valence electrons. The highest BCUT2D eigenvalue weighted by molar-refractivity contribution is 14.0. The number of nitrogens with zero attached hydrogens (tertiary/aromatic N) is 2. The molecular formula is C20H33IN4O2. The summed E-state index contributed by atoms with van der Waals surface area (Å²) >= 11 is 0. The van der Waals surface area contributed by atoms with Gasteiger partial charge in [-0.15, -0.1) is 24.0 Å². The first-order valence-electron chi connectivity index (χ1n) is 9.80. The van der Waals surface area contributed by atoms with Gasteiger partial charge in [-0.3, -0.25) is 0 Å². The maximum Gasteiger partial charge on any atom is 0.213 e. The van der Waals surface area contributed by atoms with E-state index < -0.39 is 0 Å². The lowest BCUT2D eigenvalue weighted by atomic mass is 9.57. The van der Waals surface area contributed by atoms with E-state index in [2.05, 4.69) is 43.3 Å². The second-order valence-corrected chi connectivity index (χ2v) is 7.74. The van der Waals surface area contributed by atoms with E-state index in [1.54, 1.807) is 0 Å². The third-order valence-electron chi connectivity index (χ3n) is 5.41. The molecule has 2 aliphatic rings. The first-order valence-corrected chi connectivity index (χ1v) is 9.80. The summed E-state index contributed by atoms with van der Waals surface area (Å²) in [6.07, 6.45) is 4.33. The van der Waals surface area contributed by atoms with Gasteiger partial charge in [0.1, 0.15) is 0 Å². The number of aliphatic imine (C=N–C) groups is 1. The van der Waals surface area contributed by atoms with Crippen molar-refractivity contribution in [3.63, 3.8) is 0 Å². The van der Waals surface area contributed by atoms with Crippen LogP contribution in [0.2, 0.25) is 0 Å². The molecule has 3 atom stereocenters. The molecule has 1 aliphatic heterocycles. The molecule has 2 heterocycles. The zero-order chi connectivity index (χ0) is 18.6. The Hall–Kier alpha value is -1.09. The minimum atomic E-state index is 0. The Morgan fingerprint density at radius 3 is 2.85 bits per heavy atom. The third kappa shape index (κ3) is 5.04. The molecule has 0 bridgehead atoms. The van der Waals surface area contributed by atoms with Gasteiger partial charge in [0.05, 0.1) is 19.3 Å². The second kappa shape index (κ2) is 9.91. The van der Waals surface area contributed by atoms with E-state index in [-0.39, 0.29) is 29.4 Å². The summed E-state index contributed by atoms with van der Waals surface area (Å²) in [5.74, 6) is 2.13. The lowest BCUT2D eigenvalue weighted by molar-refractivity contribution is -0.106. The molecule has 0 aromatic carbocycles. The summed E-state index contributed by atoms with van der Waals surface area (Å²) in [5, 5.41) is 7.00. The van der Waals surface area contributed by atoms with Gasteiger partial charge in [-0.05, 0) is 25.3 Å². The first kappa shape index (κ1) is 22.2. The van der Waals surface area contributed by atoms with Gasteiger partial charge in [-0.25, -0.2) is 9.98 Å². The highest BCUT2D eigenvalue weighted by Gasteiger charge is 2.59. The van der Waals surface area contributed by atoms with Crippen LogP contribution in [-0.4, -0.2) is 42.8 Å². The summed E-state index contributed by atoms with van der Waals surface area (Å²) < 4.78 is 11.4. The summed E-state index contributed by atoms with van der Waals surface area (Å²) in [6, 6.07) is 4.34. The van der Waals surface area contributed by atoms with Gasteiger partial charge < -0.3 is 20.1 Å². The van der Waals surface area contributed by atoms with Crippen LogP contribution in [-0.2, 0) is 11.3 Å². The largest absolute Gasteiger partial charge is 0.478 e. The summed E-state index contributed by atoms with van der Waals surface area (Å²) in [6.45, 7) is 11.7. The van der Waals surface area contributed by atoms with Crippen molar-refractivity contribution in [3.05, 3.63) is 23.9 Å². The van der Waals surface area contributed by atoms with Gasteiger partial charge >= 0.3 is 0 Å². The molecule has 7 heteroatoms. The van der Waals surface area contributed by atoms with E-state index in [4.69, 9.17) is 14.5 Å². The smallest absolute Gasteiger partial charge is 0.213 e. The van der Waals surface area contributed by atoms with Crippen molar-refractivity contribution in [3.8, 4) is 5.88 Å². The van der Waals surface area contributed by atoms with Crippen molar-refractivity contribution < 1.29 is 9.47 Å². The fourth-order valence-corrected chi connectivity index (χ4v) is 4.05. The van der Waals surface area contributed by atoms with Crippen LogP contribution in [0.25, 0.3) is 0 Å². The number of fused-ring (bicyclic) bond motifs is 1. The standard InChI is InChI=1S/C20H32N4O2.HI/c1-5-10-25-16-8-7-14(12-22-16)13-23-19(21-6-2)24-17-15-9-11-26-18(15)20(17,3)4;/h7-8,12,15,17-18H,5-6,9-11,13H2,1-4H3,(H2,21,23,24);1H. The summed E-state index contributed by atoms with van der Waals surface area (Å²) in [4.78, 5) is 9.10. The van der Waals surface area contributed by atoms with E-state index in [1.807, 2.05) is 18.3 Å². The molecule has 0 amide bonds. The van der Waals surface area contributed by atoms with Gasteiger partial charge in [0.15, 0.2) is 5.96 Å². The van der Waals surface area contributed by atoms with Crippen LogP contribution < -0.4 is 15.4 Å². The molecule has 1 aliphatic carbocycles. The van der Waals surface area contributed by atoms with Gasteiger partial charge in [0.2, 0.25) is 5.88 Å². The average molecular weight is 488 g/mol. The van der Waals surface area contributed by atoms with Gasteiger partial charge in [0.25, 0.3) is 0 Å². The van der Waals surface area contributed by atoms with Crippen molar-refractivity contribution in [2.45, 2.75) is 59.2 Å². The maximum atomic E-state index is 5.89. The molecule has 0 radical (unpaired) electrons. The van der Waals surface area contributed by atoms with Crippen molar-refractivity contribution in [2.75, 3.05) is 19.8 Å². The van der Waals surface area contributed by atoms with Gasteiger partial charge in [-0.2, -0.15) is 0 Å². The van der Waals surface area contributed by atoms with Crippen LogP contribution in [0.15, 0.2) is 23.3 Å². The lowest BCUT2D eigenvalue weighted by Crippen LogP contribution is -2.67. The lowest BCUT2D eigenvalue weighted by Gasteiger charge is -2.54. The van der Waals surface area contributed by atoms with E-state index in [1.165, 1.54) is 0 Å². The van der Waals surface area contributed by atoms with Crippen molar-refractivity contribution in [1.82, 2.24) is 15.6 Å². The number of hydrogen-bond donors (Lipinski definition) is 2. The van der Waals surface area contributed by atoms with E-state index >= 15 is 0 Å². The molecule has 3 unspecified atom stereocenters. The Bertz CT molecular complexity index is 621. The predicted molar refractivity (Wildman–Crippen MR) is 119 cm³/mol. The number of guanidine groups is 1. The molecule has 1 saturated heterocycles. The Balaban J connectivity index is 0.00000261. The molecule has 6 nitrogen and oxygen atoms in total. The number of halogens is 1. The molecule has 2 fully saturated rings. The maximum absolute atomic E-state index is 5.89. The molecule has 2 N–H and O–H groups in total. The van der Waals surface area contributed by atoms with Crippen molar-refractivity contribution >= 4 is 29.9 Å². The van der Waals surface area contributed by atoms with Gasteiger partial charge in [0, 0.05) is 42.8 Å². The normalized spacial score (nSPS) is 25.8. The van der Waals surface area contributed by atoms with Crippen molar-refractivity contribution in [1.29, 1.82) is 0 Å². The quantitative estimate of drug-likeness (QED) is 0.350. The number of pyridine rings is 1. The van der Waals surface area contributed by atoms with Crippen LogP contribution in [0.5, 0.6) is 5.88 Å². The Morgan fingerprint density at radius 1 is 1.37 bits per heavy atom. The monoisotopic (exact) mass is 488 g/mol.